The van der Waals surface area contributed by atoms with Gasteiger partial charge in [0.2, 0.25) is 10.0 Å². The second kappa shape index (κ2) is 7.19. The maximum atomic E-state index is 13.1. The van der Waals surface area contributed by atoms with Crippen LogP contribution in [0.15, 0.2) is 23.1 Å². The number of nitrogens with one attached hydrogen (secondary N) is 1. The molecule has 0 radical (unpaired) electrons. The lowest BCUT2D eigenvalue weighted by Gasteiger charge is -2.19. The molecule has 0 fully saturated rings. The molecule has 132 valence electrons. The highest BCUT2D eigenvalue weighted by molar-refractivity contribution is 7.89. The number of halogens is 3. The Hall–Kier alpha value is -2.12. The van der Waals surface area contributed by atoms with Crippen LogP contribution < -0.4 is 4.72 Å². The molecule has 0 amide bonds. The van der Waals surface area contributed by atoms with Crippen molar-refractivity contribution in [3.8, 4) is 6.07 Å². The first-order chi connectivity index (χ1) is 10.9. The van der Waals surface area contributed by atoms with Crippen molar-refractivity contribution in [1.29, 1.82) is 5.26 Å². The van der Waals surface area contributed by atoms with E-state index in [0.717, 1.165) is 6.07 Å². The van der Waals surface area contributed by atoms with Crippen molar-refractivity contribution in [2.24, 2.45) is 5.92 Å². The highest BCUT2D eigenvalue weighted by Crippen LogP contribution is 2.35. The molecule has 1 aromatic carbocycles. The standard InChI is InChI=1S/C14H15F3N2O4S/c1-8(2)5-11(13(20)21)19-24(22,23)12-4-3-9(7-18)6-10(12)14(15,16)17/h3-4,6,8,11,19H,5H2,1-2H3,(H,20,21). The van der Waals surface area contributed by atoms with Crippen LogP contribution in [0.1, 0.15) is 31.4 Å². The molecular weight excluding hydrogens is 349 g/mol. The number of nitrogens with zero attached hydrogens (tertiary/aromatic N) is 1. The number of nitriles is 1. The number of carboxylic acid groups (broad SMARTS) is 1. The van der Waals surface area contributed by atoms with Gasteiger partial charge in [0.05, 0.1) is 22.1 Å². The maximum absolute atomic E-state index is 13.1. The van der Waals surface area contributed by atoms with Crippen molar-refractivity contribution < 1.29 is 31.5 Å². The third kappa shape index (κ3) is 4.94. The SMILES string of the molecule is CC(C)CC(NS(=O)(=O)c1ccc(C#N)cc1C(F)(F)F)C(=O)O. The van der Waals surface area contributed by atoms with Crippen molar-refractivity contribution in [2.45, 2.75) is 37.4 Å². The zero-order chi connectivity index (χ0) is 18.7. The Bertz CT molecular complexity index is 767. The normalized spacial score (nSPS) is 13.5. The highest BCUT2D eigenvalue weighted by Gasteiger charge is 2.38. The minimum atomic E-state index is -5.02. The maximum Gasteiger partial charge on any atom is 0.417 e. The lowest BCUT2D eigenvalue weighted by Crippen LogP contribution is -2.42. The third-order valence-corrected chi connectivity index (χ3v) is 4.54. The summed E-state index contributed by atoms with van der Waals surface area (Å²) < 4.78 is 65.5. The van der Waals surface area contributed by atoms with E-state index in [1.54, 1.807) is 18.6 Å². The first-order valence-corrected chi connectivity index (χ1v) is 8.23. The molecular formula is C14H15F3N2O4S. The van der Waals surface area contributed by atoms with Gasteiger partial charge in [-0.25, -0.2) is 8.42 Å². The predicted octanol–water partition coefficient (Wildman–Crippen LogP) is 2.35. The lowest BCUT2D eigenvalue weighted by atomic mass is 10.1. The number of hydrogen-bond donors (Lipinski definition) is 2. The Morgan fingerprint density at radius 3 is 2.38 bits per heavy atom. The van der Waals surface area contributed by atoms with E-state index in [1.807, 2.05) is 0 Å². The Labute approximate surface area is 137 Å². The van der Waals surface area contributed by atoms with E-state index >= 15 is 0 Å². The molecule has 1 unspecified atom stereocenters. The Kier molecular flexibility index (Phi) is 5.97. The summed E-state index contributed by atoms with van der Waals surface area (Å²) in [6.07, 6.45) is -5.11. The fourth-order valence-electron chi connectivity index (χ4n) is 1.98. The summed E-state index contributed by atoms with van der Waals surface area (Å²) in [7, 11) is -4.75. The Balaban J connectivity index is 3.37. The molecule has 0 saturated carbocycles. The predicted molar refractivity (Wildman–Crippen MR) is 77.4 cm³/mol. The van der Waals surface area contributed by atoms with Gasteiger partial charge in [-0.1, -0.05) is 13.8 Å². The number of carboxylic acids is 1. The second-order valence-corrected chi connectivity index (χ2v) is 7.14. The van der Waals surface area contributed by atoms with Gasteiger partial charge in [-0.05, 0) is 30.5 Å². The van der Waals surface area contributed by atoms with Crippen molar-refractivity contribution in [3.63, 3.8) is 0 Å². The van der Waals surface area contributed by atoms with Crippen LogP contribution in [0.25, 0.3) is 0 Å². The summed E-state index contributed by atoms with van der Waals surface area (Å²) in [4.78, 5) is 10.0. The van der Waals surface area contributed by atoms with Gasteiger partial charge < -0.3 is 5.11 Å². The molecule has 0 aromatic heterocycles. The topological polar surface area (TPSA) is 107 Å². The van der Waals surface area contributed by atoms with Gasteiger partial charge in [-0.15, -0.1) is 0 Å². The molecule has 24 heavy (non-hydrogen) atoms. The van der Waals surface area contributed by atoms with Crippen LogP contribution in [0, 0.1) is 17.2 Å². The van der Waals surface area contributed by atoms with Crippen molar-refractivity contribution in [3.05, 3.63) is 29.3 Å². The van der Waals surface area contributed by atoms with Gasteiger partial charge >= 0.3 is 12.1 Å². The van der Waals surface area contributed by atoms with E-state index < -0.39 is 38.7 Å². The van der Waals surface area contributed by atoms with Gasteiger partial charge in [0, 0.05) is 0 Å². The van der Waals surface area contributed by atoms with Crippen LogP contribution in [0.2, 0.25) is 0 Å². The van der Waals surface area contributed by atoms with Crippen LogP contribution in [0.3, 0.4) is 0 Å². The van der Waals surface area contributed by atoms with Gasteiger partial charge in [0.25, 0.3) is 0 Å². The number of sulfonamides is 1. The van der Waals surface area contributed by atoms with Gasteiger partial charge in [0.1, 0.15) is 6.04 Å². The number of carbonyl (C=O) groups is 1. The average molecular weight is 364 g/mol. The summed E-state index contributed by atoms with van der Waals surface area (Å²) in [5.74, 6) is -1.69. The molecule has 0 aliphatic carbocycles. The molecule has 0 bridgehead atoms. The van der Waals surface area contributed by atoms with E-state index in [9.17, 15) is 26.4 Å². The summed E-state index contributed by atoms with van der Waals surface area (Å²) in [5.41, 5.74) is -1.89. The first kappa shape index (κ1) is 19.9. The first-order valence-electron chi connectivity index (χ1n) is 6.75. The number of rotatable bonds is 6. The van der Waals surface area contributed by atoms with Crippen molar-refractivity contribution >= 4 is 16.0 Å². The number of aliphatic carboxylic acids is 1. The molecule has 10 heteroatoms. The average Bonchev–Trinajstić information content (AvgIpc) is 2.44. The van der Waals surface area contributed by atoms with E-state index in [0.29, 0.717) is 12.1 Å². The summed E-state index contributed by atoms with van der Waals surface area (Å²) in [6.45, 7) is 3.29. The van der Waals surface area contributed by atoms with Crippen molar-refractivity contribution in [2.75, 3.05) is 0 Å². The van der Waals surface area contributed by atoms with Gasteiger partial charge in [0.15, 0.2) is 0 Å². The third-order valence-electron chi connectivity index (χ3n) is 3.01. The number of benzene rings is 1. The van der Waals surface area contributed by atoms with E-state index in [-0.39, 0.29) is 17.9 Å². The molecule has 2 N–H and O–H groups in total. The molecule has 1 atom stereocenters. The van der Waals surface area contributed by atoms with Crippen LogP contribution in [-0.2, 0) is 21.0 Å². The molecule has 0 aliphatic heterocycles. The largest absolute Gasteiger partial charge is 0.480 e. The zero-order valence-electron chi connectivity index (χ0n) is 12.8. The Morgan fingerprint density at radius 2 is 1.96 bits per heavy atom. The van der Waals surface area contributed by atoms with E-state index in [4.69, 9.17) is 10.4 Å². The fourth-order valence-corrected chi connectivity index (χ4v) is 3.39. The minimum Gasteiger partial charge on any atom is -0.480 e. The lowest BCUT2D eigenvalue weighted by molar-refractivity contribution is -0.140. The summed E-state index contributed by atoms with van der Waals surface area (Å²) in [5, 5.41) is 17.7. The van der Waals surface area contributed by atoms with Crippen LogP contribution in [0.4, 0.5) is 13.2 Å². The minimum absolute atomic E-state index is 0.0911. The number of alkyl halides is 3. The Morgan fingerprint density at radius 1 is 1.38 bits per heavy atom. The van der Waals surface area contributed by atoms with Crippen LogP contribution in [0.5, 0.6) is 0 Å². The summed E-state index contributed by atoms with van der Waals surface area (Å²) in [6, 6.07) is 1.90. The van der Waals surface area contributed by atoms with Crippen molar-refractivity contribution in [1.82, 2.24) is 4.72 Å². The quantitative estimate of drug-likeness (QED) is 0.806. The molecule has 0 heterocycles. The van der Waals surface area contributed by atoms with Crippen LogP contribution in [-0.4, -0.2) is 25.5 Å². The number of hydrogen-bond acceptors (Lipinski definition) is 4. The van der Waals surface area contributed by atoms with E-state index in [2.05, 4.69) is 0 Å². The molecule has 0 spiro atoms. The fraction of sp³-hybridized carbons (Fsp3) is 0.429. The summed E-state index contributed by atoms with van der Waals surface area (Å²) >= 11 is 0. The second-order valence-electron chi connectivity index (χ2n) is 5.46. The molecule has 6 nitrogen and oxygen atoms in total. The van der Waals surface area contributed by atoms with Gasteiger partial charge in [-0.3, -0.25) is 4.79 Å². The zero-order valence-corrected chi connectivity index (χ0v) is 13.6. The smallest absolute Gasteiger partial charge is 0.417 e. The molecule has 0 aliphatic rings. The van der Waals surface area contributed by atoms with Crippen LogP contribution >= 0.6 is 0 Å². The molecule has 1 rings (SSSR count). The van der Waals surface area contributed by atoms with E-state index in [1.165, 1.54) is 6.07 Å². The van der Waals surface area contributed by atoms with Gasteiger partial charge in [-0.2, -0.15) is 23.2 Å². The molecule has 1 aromatic rings. The highest BCUT2D eigenvalue weighted by atomic mass is 32.2. The monoisotopic (exact) mass is 364 g/mol. The molecule has 0 saturated heterocycles.